The lowest BCUT2D eigenvalue weighted by molar-refractivity contribution is -0.138. The molecule has 0 saturated carbocycles. The standard InChI is InChI=1S/C18H15ClFNO3.C8H14N4OS.C5H12NO4P/c1-3-10(2)24-16-9-15(14(20)8-13(16)19)21-17(22)11-6-4-5-7-12(11)18(21)23;1-8(2,3)5-6(13)12(9)7(14-4)11-10-5;1-11(9,10)3-2-4(6)5(7)8/h1,8-10H,4-7H2,2H3;9H2,1-4H3;4H,2-3,6H2,1H3,(H,7,8)(H,9,10). The maximum Gasteiger partial charge on any atom is 0.320 e. The number of ether oxygens (including phenoxy) is 1. The molecule has 1 aromatic carbocycles. The van der Waals surface area contributed by atoms with E-state index in [0.29, 0.717) is 34.8 Å². The highest BCUT2D eigenvalue weighted by Gasteiger charge is 2.41. The number of nitrogen functional groups attached to an aromatic ring is 1. The molecule has 3 atom stereocenters. The molecule has 2 heterocycles. The maximum atomic E-state index is 14.4. The molecule has 3 unspecified atom stereocenters. The van der Waals surface area contributed by atoms with Crippen LogP contribution in [-0.2, 0) is 24.4 Å². The Kier molecular flexibility index (Phi) is 14.6. The molecule has 0 saturated heterocycles. The van der Waals surface area contributed by atoms with Crippen LogP contribution in [0.2, 0.25) is 5.02 Å². The maximum absolute atomic E-state index is 14.4. The minimum absolute atomic E-state index is 0.0233. The summed E-state index contributed by atoms with van der Waals surface area (Å²) in [5.41, 5.74) is 5.68. The zero-order valence-electron chi connectivity index (χ0n) is 28.0. The molecule has 2 aliphatic rings. The number of amides is 2. The normalized spacial score (nSPS) is 16.6. The Morgan fingerprint density at radius 3 is 2.20 bits per heavy atom. The van der Waals surface area contributed by atoms with E-state index in [1.54, 1.807) is 13.2 Å². The van der Waals surface area contributed by atoms with Gasteiger partial charge >= 0.3 is 5.97 Å². The summed E-state index contributed by atoms with van der Waals surface area (Å²) in [6.45, 7) is 8.51. The first-order valence-electron chi connectivity index (χ1n) is 14.9. The lowest BCUT2D eigenvalue weighted by Crippen LogP contribution is -2.37. The van der Waals surface area contributed by atoms with E-state index in [2.05, 4.69) is 16.1 Å². The van der Waals surface area contributed by atoms with Crippen molar-refractivity contribution in [3.63, 3.8) is 0 Å². The number of nitrogens with two attached hydrogens (primary N) is 2. The van der Waals surface area contributed by atoms with Gasteiger partial charge in [-0.1, -0.05) is 50.1 Å². The Balaban J connectivity index is 0.000000284. The van der Waals surface area contributed by atoms with Crippen LogP contribution in [0.1, 0.15) is 65.5 Å². The number of carboxylic acid groups (broad SMARTS) is 1. The number of imide groups is 1. The van der Waals surface area contributed by atoms with Crippen molar-refractivity contribution in [2.45, 2.75) is 82.5 Å². The Morgan fingerprint density at radius 2 is 1.76 bits per heavy atom. The number of hydrogen-bond acceptors (Lipinski definition) is 11. The number of aliphatic carboxylic acids is 1. The van der Waals surface area contributed by atoms with Crippen LogP contribution in [0.5, 0.6) is 5.75 Å². The molecule has 18 heteroatoms. The van der Waals surface area contributed by atoms with Gasteiger partial charge < -0.3 is 26.3 Å². The van der Waals surface area contributed by atoms with Gasteiger partial charge in [-0.05, 0) is 51.3 Å². The van der Waals surface area contributed by atoms with Crippen LogP contribution in [0.15, 0.2) is 33.2 Å². The Labute approximate surface area is 292 Å². The number of terminal acetylenes is 1. The average Bonchev–Trinajstić information content (AvgIpc) is 3.27. The minimum Gasteiger partial charge on any atom is -0.480 e. The number of halogens is 2. The first-order valence-corrected chi connectivity index (χ1v) is 18.8. The largest absolute Gasteiger partial charge is 0.480 e. The zero-order valence-corrected chi connectivity index (χ0v) is 30.5. The van der Waals surface area contributed by atoms with Crippen LogP contribution in [-0.4, -0.2) is 73.9 Å². The van der Waals surface area contributed by atoms with Crippen LogP contribution in [0.3, 0.4) is 0 Å². The number of carboxylic acids is 1. The third kappa shape index (κ3) is 11.1. The SMILES string of the molecule is C#CC(C)Oc1cc(N2C(=O)C3=C(CCCC3)C2=O)c(F)cc1Cl.CP(=O)(O)CCC(N)C(=O)O.CSc1nnc(C(C)(C)C)c(=O)n1N. The molecule has 0 bridgehead atoms. The molecule has 1 aliphatic heterocycles. The lowest BCUT2D eigenvalue weighted by Gasteiger charge is -2.19. The predicted octanol–water partition coefficient (Wildman–Crippen LogP) is 3.68. The van der Waals surface area contributed by atoms with Crippen LogP contribution in [0.4, 0.5) is 10.1 Å². The van der Waals surface area contributed by atoms with Gasteiger partial charge in [-0.25, -0.2) is 9.29 Å². The van der Waals surface area contributed by atoms with Crippen molar-refractivity contribution in [3.8, 4) is 18.1 Å². The van der Waals surface area contributed by atoms with Crippen LogP contribution in [0.25, 0.3) is 0 Å². The number of nitrogens with zero attached hydrogens (tertiary/aromatic N) is 4. The highest BCUT2D eigenvalue weighted by Crippen LogP contribution is 2.40. The second-order valence-electron chi connectivity index (χ2n) is 12.2. The molecule has 14 nitrogen and oxygen atoms in total. The molecular formula is C31H41ClFN6O8PS. The van der Waals surface area contributed by atoms with Gasteiger partial charge in [0.15, 0.2) is 13.5 Å². The van der Waals surface area contributed by atoms with Gasteiger partial charge in [0, 0.05) is 35.5 Å². The van der Waals surface area contributed by atoms with Crippen LogP contribution >= 0.6 is 30.7 Å². The number of hydrogen-bond donors (Lipinski definition) is 4. The van der Waals surface area contributed by atoms with E-state index in [9.17, 15) is 28.1 Å². The summed E-state index contributed by atoms with van der Waals surface area (Å²) in [5.74, 6) is 5.24. The third-order valence-corrected chi connectivity index (χ3v) is 9.13. The first kappa shape index (κ1) is 41.4. The zero-order chi connectivity index (χ0) is 37.4. The summed E-state index contributed by atoms with van der Waals surface area (Å²) < 4.78 is 31.5. The summed E-state index contributed by atoms with van der Waals surface area (Å²) >= 11 is 7.26. The van der Waals surface area contributed by atoms with Crippen molar-refractivity contribution in [2.24, 2.45) is 5.73 Å². The number of carbonyl (C=O) groups is 3. The van der Waals surface area contributed by atoms with Crippen LogP contribution in [0, 0.1) is 18.2 Å². The second-order valence-corrected chi connectivity index (χ2v) is 16.0. The van der Waals surface area contributed by atoms with Crippen LogP contribution < -0.4 is 26.8 Å². The molecule has 1 aromatic heterocycles. The van der Waals surface area contributed by atoms with Crippen molar-refractivity contribution >= 4 is 54.2 Å². The van der Waals surface area contributed by atoms with Gasteiger partial charge in [0.25, 0.3) is 17.4 Å². The molecule has 268 valence electrons. The quantitative estimate of drug-likeness (QED) is 0.0998. The topological polar surface area (TPSA) is 221 Å². The number of rotatable bonds is 8. The van der Waals surface area contributed by atoms with E-state index in [4.69, 9.17) is 44.3 Å². The molecule has 0 fully saturated rings. The number of aromatic nitrogens is 3. The third-order valence-electron chi connectivity index (χ3n) is 7.10. The van der Waals surface area contributed by atoms with E-state index in [1.807, 2.05) is 20.8 Å². The number of carbonyl (C=O) groups excluding carboxylic acids is 2. The predicted molar refractivity (Wildman–Crippen MR) is 186 cm³/mol. The van der Waals surface area contributed by atoms with E-state index in [0.717, 1.165) is 28.5 Å². The van der Waals surface area contributed by atoms with Crippen molar-refractivity contribution in [2.75, 3.05) is 29.8 Å². The summed E-state index contributed by atoms with van der Waals surface area (Å²) in [5, 5.41) is 16.5. The summed E-state index contributed by atoms with van der Waals surface area (Å²) in [4.78, 5) is 56.6. The Bertz CT molecular complexity index is 1740. The van der Waals surface area contributed by atoms with E-state index in [-0.39, 0.29) is 40.0 Å². The second kappa shape index (κ2) is 17.3. The molecule has 1 aliphatic carbocycles. The summed E-state index contributed by atoms with van der Waals surface area (Å²) in [7, 11) is -3.10. The van der Waals surface area contributed by atoms with Gasteiger partial charge in [-0.2, -0.15) is 4.68 Å². The van der Waals surface area contributed by atoms with Crippen molar-refractivity contribution in [1.82, 2.24) is 14.9 Å². The molecule has 6 N–H and O–H groups in total. The van der Waals surface area contributed by atoms with E-state index in [1.165, 1.54) is 24.5 Å². The van der Waals surface area contributed by atoms with Gasteiger partial charge in [0.05, 0.1) is 10.7 Å². The highest BCUT2D eigenvalue weighted by atomic mass is 35.5. The first-order chi connectivity index (χ1) is 22.6. The molecule has 0 radical (unpaired) electrons. The molecular weight excluding hydrogens is 702 g/mol. The summed E-state index contributed by atoms with van der Waals surface area (Å²) in [6.07, 6.45) is 9.26. The Morgan fingerprint density at radius 1 is 1.20 bits per heavy atom. The smallest absolute Gasteiger partial charge is 0.320 e. The summed E-state index contributed by atoms with van der Waals surface area (Å²) in [6, 6.07) is 1.24. The van der Waals surface area contributed by atoms with Gasteiger partial charge in [0.1, 0.15) is 23.3 Å². The fourth-order valence-corrected chi connectivity index (χ4v) is 5.81. The lowest BCUT2D eigenvalue weighted by atomic mass is 9.93. The molecule has 4 rings (SSSR count). The fourth-order valence-electron chi connectivity index (χ4n) is 4.46. The molecule has 49 heavy (non-hydrogen) atoms. The fraction of sp³-hybridized carbons (Fsp3) is 0.484. The number of anilines is 1. The monoisotopic (exact) mass is 742 g/mol. The van der Waals surface area contributed by atoms with Gasteiger partial charge in [0.2, 0.25) is 5.16 Å². The highest BCUT2D eigenvalue weighted by molar-refractivity contribution is 7.98. The molecule has 0 spiro atoms. The van der Waals surface area contributed by atoms with Gasteiger partial charge in [-0.15, -0.1) is 16.6 Å². The number of benzene rings is 1. The minimum atomic E-state index is -3.10. The van der Waals surface area contributed by atoms with E-state index >= 15 is 0 Å². The van der Waals surface area contributed by atoms with Crippen molar-refractivity contribution in [1.29, 1.82) is 0 Å². The average molecular weight is 743 g/mol. The Hall–Kier alpha value is -3.74. The van der Waals surface area contributed by atoms with E-state index < -0.39 is 43.1 Å². The number of thioether (sulfide) groups is 1. The molecule has 2 aromatic rings. The van der Waals surface area contributed by atoms with Crippen molar-refractivity contribution < 1.29 is 38.1 Å². The van der Waals surface area contributed by atoms with Gasteiger partial charge in [-0.3, -0.25) is 23.7 Å². The molecule has 2 amide bonds. The van der Waals surface area contributed by atoms with Crippen molar-refractivity contribution in [3.05, 3.63) is 50.2 Å².